The van der Waals surface area contributed by atoms with E-state index in [1.165, 1.54) is 0 Å². The quantitative estimate of drug-likeness (QED) is 0.721. The van der Waals surface area contributed by atoms with Crippen LogP contribution >= 0.6 is 0 Å². The third-order valence-corrected chi connectivity index (χ3v) is 4.03. The van der Waals surface area contributed by atoms with Gasteiger partial charge in [-0.3, -0.25) is 14.6 Å². The summed E-state index contributed by atoms with van der Waals surface area (Å²) in [4.78, 5) is 26.7. The van der Waals surface area contributed by atoms with Crippen molar-refractivity contribution < 1.29 is 9.59 Å². The van der Waals surface area contributed by atoms with Crippen molar-refractivity contribution in [3.63, 3.8) is 0 Å². The number of aromatic nitrogens is 2. The van der Waals surface area contributed by atoms with Crippen LogP contribution in [0.3, 0.4) is 0 Å². The number of hydrogen-bond donors (Lipinski definition) is 2. The Morgan fingerprint density at radius 1 is 0.880 bits per heavy atom. The molecule has 6 heteroatoms. The second-order valence-electron chi connectivity index (χ2n) is 5.75. The molecule has 4 N–H and O–H groups in total. The van der Waals surface area contributed by atoms with Crippen molar-refractivity contribution in [3.8, 4) is 22.3 Å². The molecular weight excluding hydrogens is 316 g/mol. The second-order valence-corrected chi connectivity index (χ2v) is 5.75. The van der Waals surface area contributed by atoms with Gasteiger partial charge in [0.2, 0.25) is 11.8 Å². The van der Waals surface area contributed by atoms with Gasteiger partial charge in [-0.2, -0.15) is 0 Å². The van der Waals surface area contributed by atoms with E-state index in [9.17, 15) is 9.59 Å². The zero-order valence-electron chi connectivity index (χ0n) is 13.5. The predicted octanol–water partition coefficient (Wildman–Crippen LogP) is 2.12. The van der Waals surface area contributed by atoms with Gasteiger partial charge in [0, 0.05) is 24.8 Å². The van der Waals surface area contributed by atoms with E-state index in [2.05, 4.69) is 4.98 Å². The molecule has 0 bridgehead atoms. The molecule has 6 nitrogen and oxygen atoms in total. The Labute approximate surface area is 145 Å². The predicted molar refractivity (Wildman–Crippen MR) is 95.1 cm³/mol. The molecule has 0 spiro atoms. The Kier molecular flexibility index (Phi) is 4.61. The van der Waals surface area contributed by atoms with Crippen molar-refractivity contribution in [3.05, 3.63) is 67.3 Å². The molecule has 1 atom stereocenters. The highest BCUT2D eigenvalue weighted by atomic mass is 16.2. The van der Waals surface area contributed by atoms with Gasteiger partial charge in [0.05, 0.1) is 6.42 Å². The van der Waals surface area contributed by atoms with Crippen LogP contribution < -0.4 is 11.5 Å². The summed E-state index contributed by atoms with van der Waals surface area (Å²) in [5.74, 6) is -1.16. The summed E-state index contributed by atoms with van der Waals surface area (Å²) in [6.07, 6.45) is 6.91. The highest BCUT2D eigenvalue weighted by molar-refractivity contribution is 5.85. The fourth-order valence-electron chi connectivity index (χ4n) is 2.72. The number of benzene rings is 1. The maximum atomic E-state index is 11.6. The van der Waals surface area contributed by atoms with E-state index < -0.39 is 17.9 Å². The van der Waals surface area contributed by atoms with Crippen molar-refractivity contribution >= 4 is 11.8 Å². The van der Waals surface area contributed by atoms with Crippen LogP contribution in [-0.4, -0.2) is 21.4 Å². The van der Waals surface area contributed by atoms with Crippen LogP contribution in [0.15, 0.2) is 67.3 Å². The highest BCUT2D eigenvalue weighted by Gasteiger charge is 2.20. The molecule has 3 aromatic rings. The van der Waals surface area contributed by atoms with E-state index in [1.54, 1.807) is 29.4 Å². The standard InChI is InChI=1S/C19H18N4O2/c20-18(24)11-17(19(21)25)23-10-7-16(12-23)14-3-1-13(2-4-14)15-5-8-22-9-6-15/h1-10,12,17H,11H2,(H2,20,24)(H2,21,25)/t17-/m1/s1. The lowest BCUT2D eigenvalue weighted by atomic mass is 10.0. The first-order valence-corrected chi connectivity index (χ1v) is 7.80. The molecule has 0 saturated carbocycles. The molecule has 126 valence electrons. The zero-order valence-corrected chi connectivity index (χ0v) is 13.5. The van der Waals surface area contributed by atoms with Crippen molar-refractivity contribution in [2.45, 2.75) is 12.5 Å². The third-order valence-electron chi connectivity index (χ3n) is 4.03. The summed E-state index contributed by atoms with van der Waals surface area (Å²) in [7, 11) is 0. The summed E-state index contributed by atoms with van der Waals surface area (Å²) in [5, 5.41) is 0. The van der Waals surface area contributed by atoms with E-state index in [1.807, 2.05) is 42.5 Å². The van der Waals surface area contributed by atoms with Crippen molar-refractivity contribution in [2.75, 3.05) is 0 Å². The van der Waals surface area contributed by atoms with Crippen molar-refractivity contribution in [1.29, 1.82) is 0 Å². The molecule has 0 saturated heterocycles. The first kappa shape index (κ1) is 16.4. The summed E-state index contributed by atoms with van der Waals surface area (Å²) < 4.78 is 1.62. The van der Waals surface area contributed by atoms with Gasteiger partial charge in [0.1, 0.15) is 6.04 Å². The lowest BCUT2D eigenvalue weighted by Crippen LogP contribution is -2.30. The molecule has 2 aromatic heterocycles. The number of rotatable bonds is 6. The topological polar surface area (TPSA) is 104 Å². The van der Waals surface area contributed by atoms with E-state index in [0.717, 1.165) is 22.3 Å². The molecule has 0 fully saturated rings. The van der Waals surface area contributed by atoms with E-state index in [4.69, 9.17) is 11.5 Å². The molecule has 0 radical (unpaired) electrons. The number of hydrogen-bond acceptors (Lipinski definition) is 3. The van der Waals surface area contributed by atoms with Gasteiger partial charge in [-0.05, 0) is 40.5 Å². The molecule has 0 aliphatic heterocycles. The smallest absolute Gasteiger partial charge is 0.241 e. The fraction of sp³-hybridized carbons (Fsp3) is 0.105. The first-order chi connectivity index (χ1) is 12.0. The number of carbonyl (C=O) groups excluding carboxylic acids is 2. The van der Waals surface area contributed by atoms with Crippen LogP contribution in [0, 0.1) is 0 Å². The number of nitrogens with zero attached hydrogens (tertiary/aromatic N) is 2. The van der Waals surface area contributed by atoms with Crippen LogP contribution in [0.2, 0.25) is 0 Å². The average molecular weight is 334 g/mol. The normalized spacial score (nSPS) is 11.8. The Hall–Kier alpha value is -3.41. The first-order valence-electron chi connectivity index (χ1n) is 7.80. The van der Waals surface area contributed by atoms with E-state index in [0.29, 0.717) is 0 Å². The molecule has 0 aliphatic carbocycles. The molecule has 1 aromatic carbocycles. The molecule has 25 heavy (non-hydrogen) atoms. The second kappa shape index (κ2) is 7.00. The molecule has 2 amide bonds. The van der Waals surface area contributed by atoms with E-state index in [-0.39, 0.29) is 6.42 Å². The minimum atomic E-state index is -0.776. The number of nitrogens with two attached hydrogens (primary N) is 2. The molecule has 0 aliphatic rings. The van der Waals surface area contributed by atoms with Crippen LogP contribution in [-0.2, 0) is 9.59 Å². The maximum Gasteiger partial charge on any atom is 0.241 e. The van der Waals surface area contributed by atoms with Gasteiger partial charge < -0.3 is 16.0 Å². The molecule has 2 heterocycles. The van der Waals surface area contributed by atoms with Crippen molar-refractivity contribution in [1.82, 2.24) is 9.55 Å². The van der Waals surface area contributed by atoms with Gasteiger partial charge in [0.25, 0.3) is 0 Å². The zero-order chi connectivity index (χ0) is 17.8. The van der Waals surface area contributed by atoms with Gasteiger partial charge in [-0.15, -0.1) is 0 Å². The monoisotopic (exact) mass is 334 g/mol. The van der Waals surface area contributed by atoms with Gasteiger partial charge >= 0.3 is 0 Å². The van der Waals surface area contributed by atoms with E-state index >= 15 is 0 Å². The Morgan fingerprint density at radius 2 is 1.44 bits per heavy atom. The Balaban J connectivity index is 1.84. The van der Waals surface area contributed by atoms with Crippen LogP contribution in [0.4, 0.5) is 0 Å². The number of amides is 2. The minimum absolute atomic E-state index is 0.121. The highest BCUT2D eigenvalue weighted by Crippen LogP contribution is 2.26. The summed E-state index contributed by atoms with van der Waals surface area (Å²) in [6, 6.07) is 13.1. The van der Waals surface area contributed by atoms with Gasteiger partial charge in [-0.1, -0.05) is 24.3 Å². The number of primary amides is 2. The summed E-state index contributed by atoms with van der Waals surface area (Å²) in [6.45, 7) is 0. The number of pyridine rings is 1. The van der Waals surface area contributed by atoms with Gasteiger partial charge in [-0.25, -0.2) is 0 Å². The minimum Gasteiger partial charge on any atom is -0.370 e. The van der Waals surface area contributed by atoms with Crippen molar-refractivity contribution in [2.24, 2.45) is 11.5 Å². The van der Waals surface area contributed by atoms with Crippen LogP contribution in [0.1, 0.15) is 12.5 Å². The lowest BCUT2D eigenvalue weighted by molar-refractivity contribution is -0.126. The van der Waals surface area contributed by atoms with Gasteiger partial charge in [0.15, 0.2) is 0 Å². The lowest BCUT2D eigenvalue weighted by Gasteiger charge is -2.13. The molecule has 0 unspecified atom stereocenters. The largest absolute Gasteiger partial charge is 0.370 e. The number of carbonyl (C=O) groups is 2. The molecular formula is C19H18N4O2. The average Bonchev–Trinajstić information content (AvgIpc) is 3.10. The summed E-state index contributed by atoms with van der Waals surface area (Å²) >= 11 is 0. The SMILES string of the molecule is NC(=O)C[C@H](C(N)=O)n1ccc(-c2ccc(-c3ccncc3)cc2)c1. The maximum absolute atomic E-state index is 11.6. The molecule has 3 rings (SSSR count). The summed E-state index contributed by atoms with van der Waals surface area (Å²) in [5.41, 5.74) is 14.7. The van der Waals surface area contributed by atoms with Crippen LogP contribution in [0.5, 0.6) is 0 Å². The Morgan fingerprint density at radius 3 is 2.00 bits per heavy atom. The van der Waals surface area contributed by atoms with Crippen LogP contribution in [0.25, 0.3) is 22.3 Å². The Bertz CT molecular complexity index is 885. The third kappa shape index (κ3) is 3.74. The fourth-order valence-corrected chi connectivity index (χ4v) is 2.72.